The van der Waals surface area contributed by atoms with Gasteiger partial charge in [0.05, 0.1) is 0 Å². The van der Waals surface area contributed by atoms with E-state index in [1.54, 1.807) is 12.1 Å². The molecule has 1 saturated carbocycles. The SMILES string of the molecule is Cc1ccccc1C(=O)N[C@H](C(=O)OCC(=O)c1cc(C)n(C2CC2)c1C)C(C)C. The lowest BCUT2D eigenvalue weighted by atomic mass is 10.0. The van der Waals surface area contributed by atoms with E-state index in [1.165, 1.54) is 0 Å². The van der Waals surface area contributed by atoms with Crippen molar-refractivity contribution in [2.24, 2.45) is 5.92 Å². The average molecular weight is 411 g/mol. The number of nitrogens with one attached hydrogen (secondary N) is 1. The van der Waals surface area contributed by atoms with Crippen LogP contribution in [-0.2, 0) is 9.53 Å². The Morgan fingerprint density at radius 2 is 1.77 bits per heavy atom. The first kappa shape index (κ1) is 21.8. The number of aryl methyl sites for hydroxylation is 2. The van der Waals surface area contributed by atoms with Gasteiger partial charge in [-0.05, 0) is 57.2 Å². The molecule has 6 heteroatoms. The molecule has 0 unspecified atom stereocenters. The van der Waals surface area contributed by atoms with E-state index in [1.807, 2.05) is 52.8 Å². The van der Waals surface area contributed by atoms with Crippen LogP contribution >= 0.6 is 0 Å². The molecule has 1 atom stereocenters. The zero-order chi connectivity index (χ0) is 22.0. The fourth-order valence-corrected chi connectivity index (χ4v) is 3.80. The summed E-state index contributed by atoms with van der Waals surface area (Å²) in [5, 5.41) is 2.76. The number of amides is 1. The molecule has 30 heavy (non-hydrogen) atoms. The van der Waals surface area contributed by atoms with Crippen molar-refractivity contribution in [3.05, 3.63) is 58.4 Å². The maximum absolute atomic E-state index is 12.7. The predicted molar refractivity (Wildman–Crippen MR) is 115 cm³/mol. The number of ketones is 1. The van der Waals surface area contributed by atoms with Crippen LogP contribution in [0.1, 0.15) is 70.4 Å². The van der Waals surface area contributed by atoms with Crippen molar-refractivity contribution in [1.82, 2.24) is 9.88 Å². The van der Waals surface area contributed by atoms with Crippen LogP contribution in [0.4, 0.5) is 0 Å². The standard InChI is InChI=1S/C24H30N2O4/c1-14(2)22(25-23(28)19-9-7-6-8-15(19)3)24(29)30-13-21(27)20-12-16(4)26(17(20)5)18-10-11-18/h6-9,12,14,18,22H,10-11,13H2,1-5H3,(H,25,28)/t22-/m0/s1. The van der Waals surface area contributed by atoms with Crippen molar-refractivity contribution in [3.8, 4) is 0 Å². The van der Waals surface area contributed by atoms with Crippen LogP contribution in [0.3, 0.4) is 0 Å². The second-order valence-corrected chi connectivity index (χ2v) is 8.43. The molecule has 0 aliphatic heterocycles. The number of hydrogen-bond acceptors (Lipinski definition) is 4. The van der Waals surface area contributed by atoms with E-state index in [-0.39, 0.29) is 24.2 Å². The number of carbonyl (C=O) groups excluding carboxylic acids is 3. The van der Waals surface area contributed by atoms with Gasteiger partial charge in [0.15, 0.2) is 6.61 Å². The largest absolute Gasteiger partial charge is 0.456 e. The van der Waals surface area contributed by atoms with Crippen LogP contribution in [-0.4, -0.2) is 34.9 Å². The Hall–Kier alpha value is -2.89. The topological polar surface area (TPSA) is 77.4 Å². The summed E-state index contributed by atoms with van der Waals surface area (Å²) in [7, 11) is 0. The average Bonchev–Trinajstić information content (AvgIpc) is 3.48. The third-order valence-corrected chi connectivity index (χ3v) is 5.64. The van der Waals surface area contributed by atoms with Gasteiger partial charge in [0, 0.05) is 28.6 Å². The normalized spacial score (nSPS) is 14.5. The van der Waals surface area contributed by atoms with E-state index in [4.69, 9.17) is 4.74 Å². The number of hydrogen-bond donors (Lipinski definition) is 1. The minimum Gasteiger partial charge on any atom is -0.456 e. The lowest BCUT2D eigenvalue weighted by Crippen LogP contribution is -2.45. The lowest BCUT2D eigenvalue weighted by molar-refractivity contribution is -0.145. The molecule has 0 bridgehead atoms. The highest BCUT2D eigenvalue weighted by Gasteiger charge is 2.30. The predicted octanol–water partition coefficient (Wildman–Crippen LogP) is 3.93. The first-order valence-corrected chi connectivity index (χ1v) is 10.5. The molecule has 0 radical (unpaired) electrons. The zero-order valence-electron chi connectivity index (χ0n) is 18.3. The number of carbonyl (C=O) groups is 3. The van der Waals surface area contributed by atoms with Crippen LogP contribution in [0.5, 0.6) is 0 Å². The molecule has 1 aromatic heterocycles. The number of nitrogens with zero attached hydrogens (tertiary/aromatic N) is 1. The molecule has 0 saturated heterocycles. The van der Waals surface area contributed by atoms with Crippen LogP contribution in [0.15, 0.2) is 30.3 Å². The van der Waals surface area contributed by atoms with E-state index in [0.29, 0.717) is 17.2 Å². The summed E-state index contributed by atoms with van der Waals surface area (Å²) in [6, 6.07) is 8.71. The third-order valence-electron chi connectivity index (χ3n) is 5.64. The van der Waals surface area contributed by atoms with Crippen molar-refractivity contribution < 1.29 is 19.1 Å². The second kappa shape index (κ2) is 8.86. The third kappa shape index (κ3) is 4.64. The first-order chi connectivity index (χ1) is 14.2. The van der Waals surface area contributed by atoms with E-state index >= 15 is 0 Å². The van der Waals surface area contributed by atoms with Crippen LogP contribution in [0.2, 0.25) is 0 Å². The summed E-state index contributed by atoms with van der Waals surface area (Å²) < 4.78 is 7.51. The summed E-state index contributed by atoms with van der Waals surface area (Å²) >= 11 is 0. The minimum atomic E-state index is -0.830. The van der Waals surface area contributed by atoms with Gasteiger partial charge in [-0.2, -0.15) is 0 Å². The molecule has 160 valence electrons. The van der Waals surface area contributed by atoms with Gasteiger partial charge in [-0.3, -0.25) is 9.59 Å². The Balaban J connectivity index is 1.64. The van der Waals surface area contributed by atoms with Crippen molar-refractivity contribution in [2.45, 2.75) is 59.5 Å². The molecule has 1 heterocycles. The highest BCUT2D eigenvalue weighted by molar-refractivity contribution is 6.00. The van der Waals surface area contributed by atoms with Gasteiger partial charge < -0.3 is 14.6 Å². The van der Waals surface area contributed by atoms with Gasteiger partial charge in [0.2, 0.25) is 5.78 Å². The van der Waals surface area contributed by atoms with Gasteiger partial charge in [0.1, 0.15) is 6.04 Å². The van der Waals surface area contributed by atoms with Gasteiger partial charge in [0.25, 0.3) is 5.91 Å². The Bertz CT molecular complexity index is 970. The van der Waals surface area contributed by atoms with Gasteiger partial charge in [-0.25, -0.2) is 4.79 Å². The summed E-state index contributed by atoms with van der Waals surface area (Å²) in [6.07, 6.45) is 2.27. The highest BCUT2D eigenvalue weighted by Crippen LogP contribution is 2.38. The number of Topliss-reactive ketones (excluding diaryl/α,β-unsaturated/α-hetero) is 1. The molecule has 2 aromatic rings. The van der Waals surface area contributed by atoms with E-state index in [2.05, 4.69) is 9.88 Å². The summed E-state index contributed by atoms with van der Waals surface area (Å²) in [5.74, 6) is -1.34. The van der Waals surface area contributed by atoms with Crippen molar-refractivity contribution >= 4 is 17.7 Å². The van der Waals surface area contributed by atoms with E-state index < -0.39 is 12.0 Å². The van der Waals surface area contributed by atoms with Crippen molar-refractivity contribution in [2.75, 3.05) is 6.61 Å². The monoisotopic (exact) mass is 410 g/mol. The van der Waals surface area contributed by atoms with Gasteiger partial charge >= 0.3 is 5.97 Å². The Kier molecular flexibility index (Phi) is 6.44. The summed E-state index contributed by atoms with van der Waals surface area (Å²) in [6.45, 7) is 9.08. The number of esters is 1. The quantitative estimate of drug-likeness (QED) is 0.528. The highest BCUT2D eigenvalue weighted by atomic mass is 16.5. The molecule has 6 nitrogen and oxygen atoms in total. The smallest absolute Gasteiger partial charge is 0.329 e. The van der Waals surface area contributed by atoms with Crippen LogP contribution in [0, 0.1) is 26.7 Å². The zero-order valence-corrected chi connectivity index (χ0v) is 18.3. The summed E-state index contributed by atoms with van der Waals surface area (Å²) in [5.41, 5.74) is 3.91. The molecule has 1 fully saturated rings. The number of rotatable bonds is 8. The van der Waals surface area contributed by atoms with Gasteiger partial charge in [-0.15, -0.1) is 0 Å². The summed E-state index contributed by atoms with van der Waals surface area (Å²) in [4.78, 5) is 37.9. The van der Waals surface area contributed by atoms with E-state index in [9.17, 15) is 14.4 Å². The Morgan fingerprint density at radius 1 is 1.10 bits per heavy atom. The van der Waals surface area contributed by atoms with E-state index in [0.717, 1.165) is 29.8 Å². The fraction of sp³-hybridized carbons (Fsp3) is 0.458. The molecule has 1 N–H and O–H groups in total. The first-order valence-electron chi connectivity index (χ1n) is 10.5. The van der Waals surface area contributed by atoms with Crippen LogP contribution < -0.4 is 5.32 Å². The van der Waals surface area contributed by atoms with Crippen LogP contribution in [0.25, 0.3) is 0 Å². The molecule has 1 aliphatic rings. The second-order valence-electron chi connectivity index (χ2n) is 8.43. The molecule has 1 aromatic carbocycles. The van der Waals surface area contributed by atoms with Crippen molar-refractivity contribution in [3.63, 3.8) is 0 Å². The number of ether oxygens (including phenoxy) is 1. The maximum Gasteiger partial charge on any atom is 0.329 e. The molecule has 1 amide bonds. The number of aromatic nitrogens is 1. The fourth-order valence-electron chi connectivity index (χ4n) is 3.80. The number of benzene rings is 1. The Labute approximate surface area is 177 Å². The van der Waals surface area contributed by atoms with Gasteiger partial charge in [-0.1, -0.05) is 32.0 Å². The lowest BCUT2D eigenvalue weighted by Gasteiger charge is -2.21. The minimum absolute atomic E-state index is 0.180. The molecule has 1 aliphatic carbocycles. The van der Waals surface area contributed by atoms with Crippen molar-refractivity contribution in [1.29, 1.82) is 0 Å². The molecular weight excluding hydrogens is 380 g/mol. The maximum atomic E-state index is 12.7. The molecule has 0 spiro atoms. The molecule has 3 rings (SSSR count). The Morgan fingerprint density at radius 3 is 2.37 bits per heavy atom. The molecular formula is C24H30N2O4.